The Bertz CT molecular complexity index is 3830. The maximum absolute atomic E-state index is 13.0. The van der Waals surface area contributed by atoms with Gasteiger partial charge in [0.1, 0.15) is 47.6 Å². The smallest absolute Gasteiger partial charge is 0.311 e. The van der Waals surface area contributed by atoms with E-state index in [1.807, 2.05) is 87.2 Å². The molecule has 0 radical (unpaired) electrons. The molecule has 6 aromatic carbocycles. The van der Waals surface area contributed by atoms with E-state index in [9.17, 15) is 19.2 Å². The highest BCUT2D eigenvalue weighted by atomic mass is 28.4. The third-order valence-electron chi connectivity index (χ3n) is 20.7. The second-order valence-corrected chi connectivity index (χ2v) is 37.2. The van der Waals surface area contributed by atoms with Crippen molar-refractivity contribution in [2.45, 2.75) is 158 Å². The number of para-hydroxylation sites is 2. The standard InChI is InChI=1S/C72H91N5O13Si2/c1-14-69(6,36-38-83-40-42-85-62(79)33-35-64(81)87-52-29-25-50-27-31-60-66(54(50)45-52)75-48-72(89-60)68(4,5)56-21-16-18-23-58(56)77(72)9)92(12,13)90-70(7,46-73)91(10,11)43-19-37-82-39-41-84-61(78)32-34-63(80)86-51-28-24-49-26-30-59-65(53(49)44-51)74-47-71(88-59)67(2,3)55-20-15-17-22-57(55)76(71)8/h15-18,20-31,44-45,47-48H,14,19,32-43,46,73H2,1-13H3. The minimum absolute atomic E-state index is 0.0599. The molecule has 0 bridgehead atoms. The van der Waals surface area contributed by atoms with Gasteiger partial charge in [-0.2, -0.15) is 0 Å². The molecular weight excluding hydrogens is 1200 g/mol. The van der Waals surface area contributed by atoms with Gasteiger partial charge in [0, 0.05) is 56.0 Å². The quantitative estimate of drug-likeness (QED) is 0.0220. The summed E-state index contributed by atoms with van der Waals surface area (Å²) in [6.07, 6.45) is 5.64. The number of fused-ring (bicyclic) bond motifs is 8. The Kier molecular flexibility index (Phi) is 19.4. The van der Waals surface area contributed by atoms with E-state index >= 15 is 0 Å². The normalized spacial score (nSPS) is 19.5. The number of esters is 4. The molecule has 6 aromatic rings. The first-order valence-corrected chi connectivity index (χ1v) is 38.3. The van der Waals surface area contributed by atoms with Crippen molar-refractivity contribution < 1.29 is 61.5 Å². The molecule has 2 spiro atoms. The van der Waals surface area contributed by atoms with Crippen molar-refractivity contribution in [1.82, 2.24) is 0 Å². The Morgan fingerprint density at radius 3 is 1.46 bits per heavy atom. The highest BCUT2D eigenvalue weighted by Gasteiger charge is 2.60. The Balaban J connectivity index is 0.595. The molecule has 2 N–H and O–H groups in total. The van der Waals surface area contributed by atoms with Crippen molar-refractivity contribution in [1.29, 1.82) is 0 Å². The maximum atomic E-state index is 13.0. The van der Waals surface area contributed by atoms with Gasteiger partial charge in [-0.05, 0) is 136 Å². The number of nitrogens with zero attached hydrogens (tertiary/aromatic N) is 4. The van der Waals surface area contributed by atoms with E-state index in [1.165, 1.54) is 11.1 Å². The first-order chi connectivity index (χ1) is 43.6. The third kappa shape index (κ3) is 12.7. The van der Waals surface area contributed by atoms with Gasteiger partial charge in [-0.25, -0.2) is 0 Å². The molecular formula is C72H91N5O13Si2. The second-order valence-electron chi connectivity index (χ2n) is 27.4. The van der Waals surface area contributed by atoms with Crippen LogP contribution in [0.15, 0.2) is 119 Å². The first-order valence-electron chi connectivity index (χ1n) is 32.2. The predicted molar refractivity (Wildman–Crippen MR) is 366 cm³/mol. The summed E-state index contributed by atoms with van der Waals surface area (Å²) in [6, 6.07) is 36.1. The fraction of sp³-hybridized carbons (Fsp3) is 0.472. The molecule has 0 saturated heterocycles. The lowest BCUT2D eigenvalue weighted by Gasteiger charge is -2.52. The van der Waals surface area contributed by atoms with E-state index in [2.05, 4.69) is 109 Å². The van der Waals surface area contributed by atoms with Crippen LogP contribution in [0.25, 0.3) is 21.5 Å². The van der Waals surface area contributed by atoms with E-state index in [0.29, 0.717) is 54.1 Å². The Labute approximate surface area is 543 Å². The lowest BCUT2D eigenvalue weighted by Crippen LogP contribution is -2.64. The number of aliphatic imine (C=N–C) groups is 2. The third-order valence-corrected chi connectivity index (χ3v) is 30.2. The average Bonchev–Trinajstić information content (AvgIpc) is 1.53. The van der Waals surface area contributed by atoms with Crippen molar-refractivity contribution in [3.63, 3.8) is 0 Å². The summed E-state index contributed by atoms with van der Waals surface area (Å²) in [6.45, 7) is 26.3. The number of nitrogens with two attached hydrogens (primary N) is 1. The number of benzene rings is 6. The van der Waals surface area contributed by atoms with Gasteiger partial charge in [0.2, 0.25) is 11.4 Å². The summed E-state index contributed by atoms with van der Waals surface area (Å²) in [5.74, 6) is -0.175. The van der Waals surface area contributed by atoms with Crippen LogP contribution in [0.5, 0.6) is 23.0 Å². The van der Waals surface area contributed by atoms with Crippen LogP contribution in [-0.4, -0.2) is 130 Å². The lowest BCUT2D eigenvalue weighted by atomic mass is 9.77. The molecule has 490 valence electrons. The van der Waals surface area contributed by atoms with Gasteiger partial charge in [-0.15, -0.1) is 0 Å². The molecule has 0 aliphatic carbocycles. The summed E-state index contributed by atoms with van der Waals surface area (Å²) in [5, 5.41) is 2.75. The van der Waals surface area contributed by atoms with E-state index in [1.54, 1.807) is 24.3 Å². The summed E-state index contributed by atoms with van der Waals surface area (Å²) in [7, 11) is -0.505. The topological polar surface area (TPSA) is 209 Å². The SMILES string of the molecule is CCC(C)(CCOCCOC(=O)CCC(=O)Oc1ccc2ccc3c(c2c1)N=CC1(O3)N(C)c2ccccc2C1(C)C)[Si](C)(C)OC(C)(CN)[Si](C)(C)CCCOCCOC(=O)CCC(=O)Oc1ccc2ccc3c(c2c1)N=CC1(O3)N(C)c2ccccc2C1(C)C. The first kappa shape index (κ1) is 67.4. The van der Waals surface area contributed by atoms with Crippen molar-refractivity contribution in [2.24, 2.45) is 15.7 Å². The summed E-state index contributed by atoms with van der Waals surface area (Å²) in [5.41, 5.74) is 9.99. The molecule has 92 heavy (non-hydrogen) atoms. The number of hydrogen-bond acceptors (Lipinski definition) is 18. The average molecular weight is 1290 g/mol. The Morgan fingerprint density at radius 2 is 1.01 bits per heavy atom. The molecule has 0 fully saturated rings. The Morgan fingerprint density at radius 1 is 0.576 bits per heavy atom. The molecule has 4 heterocycles. The molecule has 10 rings (SSSR count). The summed E-state index contributed by atoms with van der Waals surface area (Å²) >= 11 is 0. The monoisotopic (exact) mass is 1290 g/mol. The number of likely N-dealkylation sites (N-methyl/N-ethyl adjacent to an activating group) is 2. The minimum atomic E-state index is -2.43. The highest BCUT2D eigenvalue weighted by molar-refractivity contribution is 6.82. The predicted octanol–water partition coefficient (Wildman–Crippen LogP) is 13.8. The van der Waals surface area contributed by atoms with Gasteiger partial charge in [-0.3, -0.25) is 29.2 Å². The molecule has 4 aliphatic rings. The van der Waals surface area contributed by atoms with Crippen LogP contribution in [0.3, 0.4) is 0 Å². The van der Waals surface area contributed by atoms with Gasteiger partial charge in [-0.1, -0.05) is 100 Å². The minimum Gasteiger partial charge on any atom is -0.463 e. The zero-order valence-electron chi connectivity index (χ0n) is 55.8. The van der Waals surface area contributed by atoms with E-state index < -0.39 is 67.8 Å². The van der Waals surface area contributed by atoms with Gasteiger partial charge in [0.15, 0.2) is 8.32 Å². The van der Waals surface area contributed by atoms with Crippen LogP contribution in [0.1, 0.15) is 105 Å². The van der Waals surface area contributed by atoms with Gasteiger partial charge in [0.05, 0.1) is 75.5 Å². The van der Waals surface area contributed by atoms with E-state index in [0.717, 1.165) is 58.2 Å². The fourth-order valence-electron chi connectivity index (χ4n) is 13.6. The zero-order chi connectivity index (χ0) is 66.1. The van der Waals surface area contributed by atoms with Gasteiger partial charge < -0.3 is 57.9 Å². The molecule has 4 aliphatic heterocycles. The molecule has 20 heteroatoms. The van der Waals surface area contributed by atoms with Crippen LogP contribution < -0.4 is 34.5 Å². The van der Waals surface area contributed by atoms with E-state index in [4.69, 9.17) is 58.0 Å². The van der Waals surface area contributed by atoms with E-state index in [-0.39, 0.29) is 57.1 Å². The number of carbonyl (C=O) groups excluding carboxylic acids is 4. The van der Waals surface area contributed by atoms with Crippen molar-refractivity contribution >= 4 is 97.0 Å². The van der Waals surface area contributed by atoms with Gasteiger partial charge in [0.25, 0.3) is 0 Å². The van der Waals surface area contributed by atoms with Crippen LogP contribution in [0.4, 0.5) is 22.7 Å². The summed E-state index contributed by atoms with van der Waals surface area (Å²) < 4.78 is 55.2. The number of hydrogen-bond donors (Lipinski definition) is 1. The molecule has 0 amide bonds. The van der Waals surface area contributed by atoms with Crippen molar-refractivity contribution in [2.75, 3.05) is 70.1 Å². The van der Waals surface area contributed by atoms with Crippen LogP contribution in [0, 0.1) is 0 Å². The van der Waals surface area contributed by atoms with Crippen LogP contribution in [-0.2, 0) is 53.4 Å². The molecule has 18 nitrogen and oxygen atoms in total. The van der Waals surface area contributed by atoms with Crippen LogP contribution in [0.2, 0.25) is 37.3 Å². The number of rotatable bonds is 27. The number of anilines is 2. The molecule has 4 unspecified atom stereocenters. The second kappa shape index (κ2) is 26.5. The summed E-state index contributed by atoms with van der Waals surface area (Å²) in [4.78, 5) is 65.6. The maximum Gasteiger partial charge on any atom is 0.311 e. The lowest BCUT2D eigenvalue weighted by molar-refractivity contribution is -0.148. The Hall–Kier alpha value is -7.47. The number of carbonyl (C=O) groups is 4. The molecule has 4 atom stereocenters. The largest absolute Gasteiger partial charge is 0.463 e. The van der Waals surface area contributed by atoms with Gasteiger partial charge >= 0.3 is 23.9 Å². The molecule has 0 aromatic heterocycles. The van der Waals surface area contributed by atoms with Crippen molar-refractivity contribution in [3.05, 3.63) is 120 Å². The fourth-order valence-corrected chi connectivity index (χ4v) is 20.6. The van der Waals surface area contributed by atoms with Crippen LogP contribution >= 0.6 is 0 Å². The number of ether oxygens (including phenoxy) is 8. The zero-order valence-corrected chi connectivity index (χ0v) is 57.8. The highest BCUT2D eigenvalue weighted by Crippen LogP contribution is 2.56. The van der Waals surface area contributed by atoms with Crippen molar-refractivity contribution in [3.8, 4) is 23.0 Å². The molecule has 0 saturated carbocycles.